The van der Waals surface area contributed by atoms with Crippen LogP contribution in [0.2, 0.25) is 0 Å². The van der Waals surface area contributed by atoms with Crippen LogP contribution in [0.25, 0.3) is 0 Å². The van der Waals surface area contributed by atoms with Gasteiger partial charge in [-0.25, -0.2) is 4.98 Å². The molecule has 1 aromatic heterocycles. The number of rotatable bonds is 4. The fourth-order valence-electron chi connectivity index (χ4n) is 1.31. The topological polar surface area (TPSA) is 92.8 Å². The van der Waals surface area contributed by atoms with E-state index in [1.165, 1.54) is 17.6 Å². The highest BCUT2D eigenvalue weighted by molar-refractivity contribution is 9.10. The number of hydrogen-bond donors (Lipinski definition) is 3. The fourth-order valence-corrected chi connectivity index (χ4v) is 2.35. The number of ether oxygens (including phenoxy) is 1. The van der Waals surface area contributed by atoms with Crippen molar-refractivity contribution in [2.24, 2.45) is 5.10 Å². The first-order chi connectivity index (χ1) is 9.10. The minimum absolute atomic E-state index is 0.0943. The monoisotopic (exact) mass is 342 g/mol. The van der Waals surface area contributed by atoms with E-state index in [0.29, 0.717) is 26.7 Å². The maximum atomic E-state index is 9.78. The van der Waals surface area contributed by atoms with Crippen LogP contribution in [0.5, 0.6) is 11.5 Å². The first-order valence-corrected chi connectivity index (χ1v) is 6.84. The van der Waals surface area contributed by atoms with Crippen molar-refractivity contribution in [2.75, 3.05) is 18.3 Å². The summed E-state index contributed by atoms with van der Waals surface area (Å²) in [4.78, 5) is 3.99. The Morgan fingerprint density at radius 2 is 2.37 bits per heavy atom. The number of halogens is 1. The van der Waals surface area contributed by atoms with Crippen molar-refractivity contribution in [1.82, 2.24) is 4.98 Å². The van der Waals surface area contributed by atoms with Gasteiger partial charge in [-0.3, -0.25) is 5.43 Å². The summed E-state index contributed by atoms with van der Waals surface area (Å²) in [6.45, 7) is 0. The standard InChI is InChI=1S/C11H11BrN4O2S/c1-18-9-2-6(8(17)3-7(9)12)4-14-16-11-15-10(13)5-19-11/h2-5,17H,13H2,1H3,(H,15,16). The van der Waals surface area contributed by atoms with Gasteiger partial charge in [-0.1, -0.05) is 0 Å². The average molecular weight is 343 g/mol. The second kappa shape index (κ2) is 5.89. The van der Waals surface area contributed by atoms with Crippen LogP contribution in [0.15, 0.2) is 27.1 Å². The number of methoxy groups -OCH3 is 1. The first kappa shape index (κ1) is 13.6. The largest absolute Gasteiger partial charge is 0.507 e. The van der Waals surface area contributed by atoms with Gasteiger partial charge in [0.25, 0.3) is 0 Å². The van der Waals surface area contributed by atoms with E-state index in [1.807, 2.05) is 0 Å². The van der Waals surface area contributed by atoms with Crippen LogP contribution in [-0.2, 0) is 0 Å². The summed E-state index contributed by atoms with van der Waals surface area (Å²) in [5, 5.41) is 16.0. The Balaban J connectivity index is 2.14. The number of benzene rings is 1. The van der Waals surface area contributed by atoms with Crippen LogP contribution in [0.4, 0.5) is 10.9 Å². The second-order valence-electron chi connectivity index (χ2n) is 3.49. The van der Waals surface area contributed by atoms with Gasteiger partial charge in [0, 0.05) is 10.9 Å². The molecule has 2 rings (SSSR count). The van der Waals surface area contributed by atoms with Gasteiger partial charge in [0.2, 0.25) is 5.13 Å². The van der Waals surface area contributed by atoms with E-state index in [-0.39, 0.29) is 5.75 Å². The molecule has 0 fully saturated rings. The maximum absolute atomic E-state index is 9.78. The molecule has 0 saturated carbocycles. The molecule has 1 heterocycles. The Morgan fingerprint density at radius 3 is 3.00 bits per heavy atom. The Morgan fingerprint density at radius 1 is 1.58 bits per heavy atom. The third-order valence-corrected chi connectivity index (χ3v) is 3.57. The van der Waals surface area contributed by atoms with Gasteiger partial charge in [-0.05, 0) is 28.1 Å². The third kappa shape index (κ3) is 3.36. The number of thiazole rings is 1. The van der Waals surface area contributed by atoms with Gasteiger partial charge in [-0.2, -0.15) is 5.10 Å². The van der Waals surface area contributed by atoms with Crippen LogP contribution < -0.4 is 15.9 Å². The van der Waals surface area contributed by atoms with Crippen LogP contribution in [0, 0.1) is 0 Å². The molecule has 0 atom stereocenters. The zero-order chi connectivity index (χ0) is 13.8. The lowest BCUT2D eigenvalue weighted by molar-refractivity contribution is 0.409. The molecule has 2 aromatic rings. The van der Waals surface area contributed by atoms with E-state index < -0.39 is 0 Å². The van der Waals surface area contributed by atoms with Crippen molar-refractivity contribution in [2.45, 2.75) is 0 Å². The minimum Gasteiger partial charge on any atom is -0.507 e. The van der Waals surface area contributed by atoms with E-state index >= 15 is 0 Å². The number of hydrazone groups is 1. The number of hydrogen-bond acceptors (Lipinski definition) is 7. The SMILES string of the molecule is COc1cc(C=NNc2nc(N)cs2)c(O)cc1Br. The molecule has 0 spiro atoms. The van der Waals surface area contributed by atoms with Gasteiger partial charge in [0.15, 0.2) is 0 Å². The molecule has 4 N–H and O–H groups in total. The number of phenols is 1. The number of nitrogens with zero attached hydrogens (tertiary/aromatic N) is 2. The lowest BCUT2D eigenvalue weighted by Gasteiger charge is -2.06. The maximum Gasteiger partial charge on any atom is 0.205 e. The third-order valence-electron chi connectivity index (χ3n) is 2.19. The molecule has 1 aromatic carbocycles. The number of nitrogen functional groups attached to an aromatic ring is 1. The summed E-state index contributed by atoms with van der Waals surface area (Å²) in [6.07, 6.45) is 1.47. The number of aromatic nitrogens is 1. The van der Waals surface area contributed by atoms with Gasteiger partial charge in [-0.15, -0.1) is 11.3 Å². The van der Waals surface area contributed by atoms with Crippen molar-refractivity contribution in [1.29, 1.82) is 0 Å². The van der Waals surface area contributed by atoms with Crippen LogP contribution in [0.1, 0.15) is 5.56 Å². The van der Waals surface area contributed by atoms with Crippen molar-refractivity contribution in [3.8, 4) is 11.5 Å². The van der Waals surface area contributed by atoms with Gasteiger partial charge >= 0.3 is 0 Å². The highest BCUT2D eigenvalue weighted by Gasteiger charge is 2.06. The van der Waals surface area contributed by atoms with Crippen LogP contribution in [0.3, 0.4) is 0 Å². The quantitative estimate of drug-likeness (QED) is 0.586. The second-order valence-corrected chi connectivity index (χ2v) is 5.21. The fraction of sp³-hybridized carbons (Fsp3) is 0.0909. The van der Waals surface area contributed by atoms with Gasteiger partial charge in [0.05, 0.1) is 17.8 Å². The molecule has 8 heteroatoms. The predicted octanol–water partition coefficient (Wildman–Crippen LogP) is 2.65. The molecular formula is C11H11BrN4O2S. The number of phenolic OH excluding ortho intramolecular Hbond substituents is 1. The highest BCUT2D eigenvalue weighted by atomic mass is 79.9. The van der Waals surface area contributed by atoms with Crippen molar-refractivity contribution < 1.29 is 9.84 Å². The molecule has 0 aliphatic heterocycles. The van der Waals surface area contributed by atoms with Crippen LogP contribution >= 0.6 is 27.3 Å². The minimum atomic E-state index is 0.0943. The molecule has 0 unspecified atom stereocenters. The summed E-state index contributed by atoms with van der Waals surface area (Å²) in [6, 6.07) is 3.21. The van der Waals surface area contributed by atoms with E-state index in [1.54, 1.807) is 24.6 Å². The van der Waals surface area contributed by atoms with Crippen LogP contribution in [-0.4, -0.2) is 23.4 Å². The molecule has 6 nitrogen and oxygen atoms in total. The summed E-state index contributed by atoms with van der Waals surface area (Å²) in [5.41, 5.74) is 8.74. The molecule has 0 amide bonds. The molecule has 0 aliphatic rings. The van der Waals surface area contributed by atoms with E-state index in [2.05, 4.69) is 31.4 Å². The normalized spacial score (nSPS) is 10.8. The zero-order valence-electron chi connectivity index (χ0n) is 9.92. The first-order valence-electron chi connectivity index (χ1n) is 5.16. The van der Waals surface area contributed by atoms with Crippen molar-refractivity contribution in [3.05, 3.63) is 27.5 Å². The Hall–Kier alpha value is -1.80. The van der Waals surface area contributed by atoms with E-state index in [4.69, 9.17) is 10.5 Å². The van der Waals surface area contributed by atoms with Gasteiger partial charge < -0.3 is 15.6 Å². The number of nitrogens with one attached hydrogen (secondary N) is 1. The summed E-state index contributed by atoms with van der Waals surface area (Å²) in [5.74, 6) is 1.14. The highest BCUT2D eigenvalue weighted by Crippen LogP contribution is 2.31. The van der Waals surface area contributed by atoms with E-state index in [0.717, 1.165) is 0 Å². The Labute approximate surface area is 122 Å². The zero-order valence-corrected chi connectivity index (χ0v) is 12.3. The smallest absolute Gasteiger partial charge is 0.205 e. The van der Waals surface area contributed by atoms with Gasteiger partial charge in [0.1, 0.15) is 17.3 Å². The predicted molar refractivity (Wildman–Crippen MR) is 80.1 cm³/mol. The number of anilines is 2. The number of nitrogens with two attached hydrogens (primary N) is 1. The lowest BCUT2D eigenvalue weighted by Crippen LogP contribution is -1.93. The molecule has 0 aliphatic carbocycles. The van der Waals surface area contributed by atoms with E-state index in [9.17, 15) is 5.11 Å². The molecule has 0 bridgehead atoms. The molecule has 19 heavy (non-hydrogen) atoms. The van der Waals surface area contributed by atoms with Crippen molar-refractivity contribution in [3.63, 3.8) is 0 Å². The number of aromatic hydroxyl groups is 1. The van der Waals surface area contributed by atoms with Crippen molar-refractivity contribution >= 4 is 44.4 Å². The molecule has 0 radical (unpaired) electrons. The Kier molecular flexibility index (Phi) is 4.23. The lowest BCUT2D eigenvalue weighted by atomic mass is 10.2. The Bertz CT molecular complexity index is 615. The summed E-state index contributed by atoms with van der Waals surface area (Å²) >= 11 is 4.63. The molecule has 100 valence electrons. The molecular weight excluding hydrogens is 332 g/mol. The summed E-state index contributed by atoms with van der Waals surface area (Å²) < 4.78 is 5.81. The average Bonchev–Trinajstić information content (AvgIpc) is 2.78. The molecule has 0 saturated heterocycles. The summed E-state index contributed by atoms with van der Waals surface area (Å²) in [7, 11) is 1.55.